The van der Waals surface area contributed by atoms with E-state index in [0.29, 0.717) is 55.3 Å². The van der Waals surface area contributed by atoms with Crippen LogP contribution >= 0.6 is 34.5 Å². The van der Waals surface area contributed by atoms with Gasteiger partial charge in [0.2, 0.25) is 5.95 Å². The van der Waals surface area contributed by atoms with E-state index in [1.165, 1.54) is 23.5 Å². The number of nitrogens with zero attached hydrogens (tertiary/aromatic N) is 4. The van der Waals surface area contributed by atoms with Crippen LogP contribution < -0.4 is 15.5 Å². The number of anilines is 5. The Balaban J connectivity index is 1.55. The Labute approximate surface area is 224 Å². The van der Waals surface area contributed by atoms with Gasteiger partial charge >= 0.3 is 6.18 Å². The smallest absolute Gasteiger partial charge is 0.383 e. The minimum atomic E-state index is -4.42. The summed E-state index contributed by atoms with van der Waals surface area (Å²) in [5, 5.41) is 7.63. The molecule has 3 heterocycles. The van der Waals surface area contributed by atoms with E-state index in [1.54, 1.807) is 25.3 Å². The van der Waals surface area contributed by atoms with E-state index >= 15 is 0 Å². The molecule has 1 fully saturated rings. The number of thiazole rings is 1. The van der Waals surface area contributed by atoms with Crippen LogP contribution in [0, 0.1) is 0 Å². The molecule has 0 aliphatic carbocycles. The Kier molecular flexibility index (Phi) is 7.30. The van der Waals surface area contributed by atoms with Crippen molar-refractivity contribution in [1.29, 1.82) is 0 Å². The third-order valence-electron chi connectivity index (χ3n) is 5.91. The van der Waals surface area contributed by atoms with Crippen LogP contribution in [0.1, 0.15) is 18.4 Å². The van der Waals surface area contributed by atoms with Crippen LogP contribution in [0.3, 0.4) is 0 Å². The molecular formula is C24H21Cl2F3N6OS. The molecule has 1 aliphatic rings. The van der Waals surface area contributed by atoms with E-state index < -0.39 is 11.7 Å². The fourth-order valence-corrected chi connectivity index (χ4v) is 5.48. The molecule has 2 aromatic heterocycles. The van der Waals surface area contributed by atoms with Gasteiger partial charge in [-0.2, -0.15) is 23.1 Å². The fourth-order valence-electron chi connectivity index (χ4n) is 4.15. The number of rotatable bonds is 7. The number of alkyl halides is 3. The summed E-state index contributed by atoms with van der Waals surface area (Å²) >= 11 is 13.9. The van der Waals surface area contributed by atoms with Gasteiger partial charge in [-0.15, -0.1) is 0 Å². The zero-order valence-corrected chi connectivity index (χ0v) is 21.8. The van der Waals surface area contributed by atoms with Crippen LogP contribution in [0.15, 0.2) is 42.5 Å². The van der Waals surface area contributed by atoms with Crippen LogP contribution in [0.25, 0.3) is 10.3 Å². The highest BCUT2D eigenvalue weighted by atomic mass is 35.5. The minimum Gasteiger partial charge on any atom is -0.383 e. The highest BCUT2D eigenvalue weighted by Gasteiger charge is 2.30. The number of hydrogen-bond donors (Lipinski definition) is 2. The molecule has 13 heteroatoms. The van der Waals surface area contributed by atoms with Gasteiger partial charge in [0.15, 0.2) is 15.8 Å². The van der Waals surface area contributed by atoms with Gasteiger partial charge in [0, 0.05) is 19.3 Å². The Hall–Kier alpha value is -2.86. The van der Waals surface area contributed by atoms with Gasteiger partial charge < -0.3 is 20.3 Å². The first kappa shape index (κ1) is 25.8. The van der Waals surface area contributed by atoms with Crippen molar-refractivity contribution >= 4 is 73.2 Å². The predicted molar refractivity (Wildman–Crippen MR) is 142 cm³/mol. The maximum absolute atomic E-state index is 13.0. The number of para-hydroxylation sites is 1. The molecule has 7 nitrogen and oxygen atoms in total. The normalized spacial score (nSPS) is 15.9. The molecule has 194 valence electrons. The summed E-state index contributed by atoms with van der Waals surface area (Å²) in [7, 11) is 1.65. The lowest BCUT2D eigenvalue weighted by atomic mass is 10.2. The van der Waals surface area contributed by atoms with Crippen molar-refractivity contribution in [3.8, 4) is 0 Å². The second-order valence-electron chi connectivity index (χ2n) is 8.41. The first-order valence-corrected chi connectivity index (χ1v) is 12.9. The molecule has 37 heavy (non-hydrogen) atoms. The van der Waals surface area contributed by atoms with Gasteiger partial charge in [-0.25, -0.2) is 4.98 Å². The Bertz CT molecular complexity index is 1400. The Morgan fingerprint density at radius 2 is 1.78 bits per heavy atom. The van der Waals surface area contributed by atoms with Crippen molar-refractivity contribution in [2.24, 2.45) is 0 Å². The van der Waals surface area contributed by atoms with E-state index in [9.17, 15) is 13.2 Å². The molecule has 1 saturated heterocycles. The number of methoxy groups -OCH3 is 1. The van der Waals surface area contributed by atoms with Gasteiger partial charge in [-0.3, -0.25) is 0 Å². The first-order chi connectivity index (χ1) is 17.7. The van der Waals surface area contributed by atoms with E-state index in [1.807, 2.05) is 0 Å². The molecule has 0 amide bonds. The SMILES string of the molecule is COC[C@@H]1CCCN1c1nc(Nc2ccc(C(F)(F)F)cc2)c2nc(Nc3c(Cl)cccc3Cl)sc2n1. The van der Waals surface area contributed by atoms with E-state index in [-0.39, 0.29) is 6.04 Å². The number of ether oxygens (including phenoxy) is 1. The predicted octanol–water partition coefficient (Wildman–Crippen LogP) is 7.51. The third-order valence-corrected chi connectivity index (χ3v) is 7.40. The second kappa shape index (κ2) is 10.5. The van der Waals surface area contributed by atoms with Crippen molar-refractivity contribution in [2.45, 2.75) is 25.1 Å². The first-order valence-electron chi connectivity index (χ1n) is 11.3. The summed E-state index contributed by atoms with van der Waals surface area (Å²) < 4.78 is 44.5. The van der Waals surface area contributed by atoms with Crippen molar-refractivity contribution < 1.29 is 17.9 Å². The quantitative estimate of drug-likeness (QED) is 0.239. The monoisotopic (exact) mass is 568 g/mol. The lowest BCUT2D eigenvalue weighted by molar-refractivity contribution is -0.137. The summed E-state index contributed by atoms with van der Waals surface area (Å²) in [5.41, 5.74) is 0.671. The fraction of sp³-hybridized carbons (Fsp3) is 0.292. The minimum absolute atomic E-state index is 0.119. The summed E-state index contributed by atoms with van der Waals surface area (Å²) in [5.74, 6) is 0.866. The number of benzene rings is 2. The molecule has 2 aromatic carbocycles. The highest BCUT2D eigenvalue weighted by molar-refractivity contribution is 7.22. The molecule has 1 atom stereocenters. The number of halogens is 5. The maximum Gasteiger partial charge on any atom is 0.416 e. The van der Waals surface area contributed by atoms with Crippen molar-refractivity contribution in [1.82, 2.24) is 15.0 Å². The highest BCUT2D eigenvalue weighted by Crippen LogP contribution is 2.38. The van der Waals surface area contributed by atoms with E-state index in [2.05, 4.69) is 20.5 Å². The van der Waals surface area contributed by atoms with Crippen molar-refractivity contribution in [3.63, 3.8) is 0 Å². The zero-order valence-electron chi connectivity index (χ0n) is 19.4. The topological polar surface area (TPSA) is 75.2 Å². The Morgan fingerprint density at radius 3 is 2.46 bits per heavy atom. The van der Waals surface area contributed by atoms with E-state index in [4.69, 9.17) is 37.9 Å². The van der Waals surface area contributed by atoms with Gasteiger partial charge in [-0.05, 0) is 49.2 Å². The second-order valence-corrected chi connectivity index (χ2v) is 10.2. The van der Waals surface area contributed by atoms with Crippen LogP contribution in [0.2, 0.25) is 10.0 Å². The molecule has 0 bridgehead atoms. The largest absolute Gasteiger partial charge is 0.416 e. The van der Waals surface area contributed by atoms with Crippen LogP contribution in [-0.2, 0) is 10.9 Å². The maximum atomic E-state index is 13.0. The average molecular weight is 569 g/mol. The lowest BCUT2D eigenvalue weighted by Gasteiger charge is -2.24. The molecule has 5 rings (SSSR count). The summed E-state index contributed by atoms with van der Waals surface area (Å²) in [6.07, 6.45) is -2.51. The third kappa shape index (κ3) is 5.54. The molecule has 0 radical (unpaired) electrons. The molecule has 2 N–H and O–H groups in total. The van der Waals surface area contributed by atoms with Crippen LogP contribution in [-0.4, -0.2) is 41.3 Å². The number of fused-ring (bicyclic) bond motifs is 1. The standard InChI is InChI=1S/C24H21Cl2F3N6OS/c1-36-12-15-4-3-11-35(15)22-33-20(30-14-9-7-13(8-10-14)24(27,28)29)19-21(34-22)37-23(32-19)31-18-16(25)5-2-6-17(18)26/h2,5-10,15H,3-4,11-12H2,1H3,(H,31,32)(H,30,33,34)/t15-/m0/s1. The number of nitrogens with one attached hydrogen (secondary N) is 2. The summed E-state index contributed by atoms with van der Waals surface area (Å²) in [6.45, 7) is 1.29. The molecule has 0 saturated carbocycles. The van der Waals surface area contributed by atoms with Gasteiger partial charge in [0.05, 0.1) is 33.9 Å². The molecular weight excluding hydrogens is 548 g/mol. The Morgan fingerprint density at radius 1 is 1.05 bits per heavy atom. The van der Waals surface area contributed by atoms with Crippen molar-refractivity contribution in [2.75, 3.05) is 35.8 Å². The number of aromatic nitrogens is 3. The molecule has 4 aromatic rings. The molecule has 0 spiro atoms. The van der Waals surface area contributed by atoms with Crippen molar-refractivity contribution in [3.05, 3.63) is 58.1 Å². The van der Waals surface area contributed by atoms with Gasteiger partial charge in [0.1, 0.15) is 5.52 Å². The number of hydrogen-bond acceptors (Lipinski definition) is 8. The van der Waals surface area contributed by atoms with Crippen LogP contribution in [0.5, 0.6) is 0 Å². The van der Waals surface area contributed by atoms with Crippen LogP contribution in [0.4, 0.5) is 41.4 Å². The van der Waals surface area contributed by atoms with E-state index in [0.717, 1.165) is 31.5 Å². The summed E-state index contributed by atoms with van der Waals surface area (Å²) in [6, 6.07) is 10.0. The van der Waals surface area contributed by atoms with Gasteiger partial charge in [0.25, 0.3) is 0 Å². The summed E-state index contributed by atoms with van der Waals surface area (Å²) in [4.78, 5) is 16.8. The zero-order chi connectivity index (χ0) is 26.2. The molecule has 0 unspecified atom stereocenters. The lowest BCUT2D eigenvalue weighted by Crippen LogP contribution is -2.34. The molecule has 1 aliphatic heterocycles. The van der Waals surface area contributed by atoms with Gasteiger partial charge in [-0.1, -0.05) is 40.6 Å². The average Bonchev–Trinajstić information content (AvgIpc) is 3.48.